The Balaban J connectivity index is 3.68. The molecule has 6 heteroatoms. The summed E-state index contributed by atoms with van der Waals surface area (Å²) >= 11 is 0. The van der Waals surface area contributed by atoms with E-state index in [1.54, 1.807) is 0 Å². The first-order valence-corrected chi connectivity index (χ1v) is 3.88. The summed E-state index contributed by atoms with van der Waals surface area (Å²) in [5.74, 6) is -5.23. The molecule has 0 atom stereocenters. The minimum absolute atomic E-state index is 0.752. The minimum Gasteiger partial charge on any atom is -0.206 e. The van der Waals surface area contributed by atoms with E-state index in [-0.39, 0.29) is 0 Å². The van der Waals surface area contributed by atoms with Crippen LogP contribution in [0.2, 0.25) is 0 Å². The maximum atomic E-state index is 13.1. The first kappa shape index (κ1) is 11.9. The van der Waals surface area contributed by atoms with E-state index in [4.69, 9.17) is 0 Å². The molecule has 0 N–H and O–H groups in total. The Hall–Kier alpha value is -1.20. The van der Waals surface area contributed by atoms with Crippen LogP contribution >= 0.6 is 0 Å². The van der Waals surface area contributed by atoms with Gasteiger partial charge in [-0.05, 0) is 13.8 Å². The second-order valence-electron chi connectivity index (χ2n) is 3.06. The van der Waals surface area contributed by atoms with Gasteiger partial charge in [-0.2, -0.15) is 13.2 Å². The number of halogens is 6. The van der Waals surface area contributed by atoms with Crippen LogP contribution in [0.15, 0.2) is 0 Å². The fraction of sp³-hybridized carbons (Fsp3) is 0.333. The van der Waals surface area contributed by atoms with E-state index in [0.29, 0.717) is 0 Å². The quantitative estimate of drug-likeness (QED) is 0.468. The van der Waals surface area contributed by atoms with Crippen LogP contribution in [0.1, 0.15) is 16.7 Å². The van der Waals surface area contributed by atoms with E-state index >= 15 is 0 Å². The summed E-state index contributed by atoms with van der Waals surface area (Å²) < 4.78 is 75.5. The smallest absolute Gasteiger partial charge is 0.206 e. The van der Waals surface area contributed by atoms with Gasteiger partial charge >= 0.3 is 6.18 Å². The molecule has 0 radical (unpaired) electrons. The topological polar surface area (TPSA) is 0 Å². The van der Waals surface area contributed by atoms with Gasteiger partial charge in [0, 0.05) is 11.1 Å². The Kier molecular flexibility index (Phi) is 2.71. The van der Waals surface area contributed by atoms with Crippen molar-refractivity contribution in [2.24, 2.45) is 0 Å². The molecule has 1 aromatic rings. The van der Waals surface area contributed by atoms with Crippen LogP contribution in [0, 0.1) is 31.3 Å². The lowest BCUT2D eigenvalue weighted by Crippen LogP contribution is -2.15. The molecule has 0 aliphatic heterocycles. The molecule has 0 bridgehead atoms. The van der Waals surface area contributed by atoms with Crippen LogP contribution in [0.25, 0.3) is 0 Å². The molecule has 0 heterocycles. The van der Waals surface area contributed by atoms with E-state index < -0.39 is 40.3 Å². The highest BCUT2D eigenvalue weighted by Gasteiger charge is 2.39. The molecule has 0 unspecified atom stereocenters. The van der Waals surface area contributed by atoms with E-state index in [1.165, 1.54) is 0 Å². The van der Waals surface area contributed by atoms with Gasteiger partial charge in [0.25, 0.3) is 0 Å². The Morgan fingerprint density at radius 2 is 1.20 bits per heavy atom. The van der Waals surface area contributed by atoms with Gasteiger partial charge in [-0.15, -0.1) is 0 Å². The molecular weight excluding hydrogens is 222 g/mol. The van der Waals surface area contributed by atoms with E-state index in [0.717, 1.165) is 13.8 Å². The van der Waals surface area contributed by atoms with Gasteiger partial charge in [-0.1, -0.05) is 0 Å². The molecule has 0 aromatic heterocycles. The van der Waals surface area contributed by atoms with E-state index in [1.807, 2.05) is 0 Å². The highest BCUT2D eigenvalue weighted by molar-refractivity contribution is 5.36. The molecule has 0 saturated carbocycles. The maximum Gasteiger partial charge on any atom is 0.419 e. The Labute approximate surface area is 81.5 Å². The zero-order valence-corrected chi connectivity index (χ0v) is 7.77. The van der Waals surface area contributed by atoms with Crippen molar-refractivity contribution in [2.45, 2.75) is 20.0 Å². The number of hydrogen-bond donors (Lipinski definition) is 0. The number of hydrogen-bond acceptors (Lipinski definition) is 0. The van der Waals surface area contributed by atoms with E-state index in [2.05, 4.69) is 0 Å². The van der Waals surface area contributed by atoms with Crippen LogP contribution in [-0.4, -0.2) is 0 Å². The first-order valence-electron chi connectivity index (χ1n) is 3.88. The molecule has 1 rings (SSSR count). The Morgan fingerprint density at radius 3 is 1.60 bits per heavy atom. The van der Waals surface area contributed by atoms with Crippen molar-refractivity contribution in [1.82, 2.24) is 0 Å². The van der Waals surface area contributed by atoms with Crippen molar-refractivity contribution in [3.8, 4) is 0 Å². The van der Waals surface area contributed by atoms with Crippen molar-refractivity contribution in [3.05, 3.63) is 34.1 Å². The molecule has 15 heavy (non-hydrogen) atoms. The molecule has 0 spiro atoms. The van der Waals surface area contributed by atoms with E-state index in [9.17, 15) is 26.3 Å². The zero-order valence-electron chi connectivity index (χ0n) is 7.77. The van der Waals surface area contributed by atoms with Crippen molar-refractivity contribution < 1.29 is 26.3 Å². The van der Waals surface area contributed by atoms with Crippen molar-refractivity contribution in [2.75, 3.05) is 0 Å². The fourth-order valence-corrected chi connectivity index (χ4v) is 1.26. The summed E-state index contributed by atoms with van der Waals surface area (Å²) in [6.07, 6.45) is -5.11. The fourth-order valence-electron chi connectivity index (χ4n) is 1.26. The average molecular weight is 228 g/mol. The molecule has 0 fully saturated rings. The van der Waals surface area contributed by atoms with Gasteiger partial charge in [-0.3, -0.25) is 0 Å². The predicted octanol–water partition coefficient (Wildman–Crippen LogP) is 3.74. The third-order valence-electron chi connectivity index (χ3n) is 2.06. The summed E-state index contributed by atoms with van der Waals surface area (Å²) in [5, 5.41) is 0. The number of alkyl halides is 3. The predicted molar refractivity (Wildman–Crippen MR) is 40.8 cm³/mol. The lowest BCUT2D eigenvalue weighted by Gasteiger charge is -2.14. The van der Waals surface area contributed by atoms with Crippen LogP contribution in [0.5, 0.6) is 0 Å². The third-order valence-corrected chi connectivity index (χ3v) is 2.06. The second kappa shape index (κ2) is 3.43. The van der Waals surface area contributed by atoms with Crippen molar-refractivity contribution in [1.29, 1.82) is 0 Å². The van der Waals surface area contributed by atoms with Crippen LogP contribution < -0.4 is 0 Å². The molecule has 0 nitrogen and oxygen atoms in total. The van der Waals surface area contributed by atoms with Crippen LogP contribution in [0.3, 0.4) is 0 Å². The Morgan fingerprint density at radius 1 is 0.733 bits per heavy atom. The van der Waals surface area contributed by atoms with Gasteiger partial charge in [0.2, 0.25) is 0 Å². The summed E-state index contributed by atoms with van der Waals surface area (Å²) in [7, 11) is 0. The van der Waals surface area contributed by atoms with Crippen LogP contribution in [0.4, 0.5) is 26.3 Å². The van der Waals surface area contributed by atoms with Gasteiger partial charge in [0.15, 0.2) is 11.6 Å². The highest BCUT2D eigenvalue weighted by atomic mass is 19.4. The standard InChI is InChI=1S/C9H6F6/c1-3-5(9(13,14)15)8(12)7(11)4(2)6(3)10/h1-2H3. The normalized spacial score (nSPS) is 12.0. The summed E-state index contributed by atoms with van der Waals surface area (Å²) in [6.45, 7) is 1.63. The SMILES string of the molecule is Cc1c(F)c(C)c(C(F)(F)F)c(F)c1F. The maximum absolute atomic E-state index is 13.1. The average Bonchev–Trinajstić information content (AvgIpc) is 2.09. The lowest BCUT2D eigenvalue weighted by molar-refractivity contribution is -0.141. The lowest BCUT2D eigenvalue weighted by atomic mass is 10.0. The first-order chi connectivity index (χ1) is 6.68. The largest absolute Gasteiger partial charge is 0.419 e. The zero-order chi connectivity index (χ0) is 12.0. The molecule has 0 aliphatic rings. The third kappa shape index (κ3) is 1.80. The van der Waals surface area contributed by atoms with Gasteiger partial charge < -0.3 is 0 Å². The highest BCUT2D eigenvalue weighted by Crippen LogP contribution is 2.37. The van der Waals surface area contributed by atoms with Gasteiger partial charge in [0.05, 0.1) is 0 Å². The van der Waals surface area contributed by atoms with Crippen LogP contribution in [-0.2, 0) is 6.18 Å². The molecule has 84 valence electrons. The minimum atomic E-state index is -5.11. The molecule has 1 aromatic carbocycles. The van der Waals surface area contributed by atoms with Crippen molar-refractivity contribution in [3.63, 3.8) is 0 Å². The molecule has 0 saturated heterocycles. The summed E-state index contributed by atoms with van der Waals surface area (Å²) in [5.41, 5.74) is -3.57. The second-order valence-corrected chi connectivity index (χ2v) is 3.06. The Bertz CT molecular complexity index is 375. The molecular formula is C9H6F6. The summed E-state index contributed by atoms with van der Waals surface area (Å²) in [4.78, 5) is 0. The molecule has 0 aliphatic carbocycles. The summed E-state index contributed by atoms with van der Waals surface area (Å²) in [6, 6.07) is 0. The van der Waals surface area contributed by atoms with Gasteiger partial charge in [-0.25, -0.2) is 13.2 Å². The monoisotopic (exact) mass is 228 g/mol. The van der Waals surface area contributed by atoms with Crippen molar-refractivity contribution >= 4 is 0 Å². The molecule has 0 amide bonds. The number of benzene rings is 1. The van der Waals surface area contributed by atoms with Gasteiger partial charge in [0.1, 0.15) is 11.4 Å². The number of rotatable bonds is 0.